The second-order valence-corrected chi connectivity index (χ2v) is 7.61. The Balaban J connectivity index is 1.38. The van der Waals surface area contributed by atoms with Gasteiger partial charge in [0.15, 0.2) is 0 Å². The van der Waals surface area contributed by atoms with Crippen molar-refractivity contribution in [1.82, 2.24) is 20.0 Å². The van der Waals surface area contributed by atoms with Crippen LogP contribution in [0.15, 0.2) is 24.3 Å². The van der Waals surface area contributed by atoms with Gasteiger partial charge >= 0.3 is 6.03 Å². The molecule has 2 aliphatic rings. The van der Waals surface area contributed by atoms with Crippen LogP contribution in [0.2, 0.25) is 0 Å². The summed E-state index contributed by atoms with van der Waals surface area (Å²) >= 11 is 0. The lowest BCUT2D eigenvalue weighted by atomic mass is 10.0. The molecule has 0 spiro atoms. The Morgan fingerprint density at radius 3 is 2.41 bits per heavy atom. The van der Waals surface area contributed by atoms with Crippen LogP contribution in [-0.4, -0.2) is 84.1 Å². The largest absolute Gasteiger partial charge is 0.508 e. The lowest BCUT2D eigenvalue weighted by molar-refractivity contribution is 0.0664. The molecule has 0 aromatic heterocycles. The molecule has 2 fully saturated rings. The maximum atomic E-state index is 12.5. The molecule has 1 aromatic carbocycles. The zero-order valence-corrected chi connectivity index (χ0v) is 16.1. The SMILES string of the molecule is C[C@@H]1CCCN(CCNC(=O)N2CCN(C(=O)c3ccc(O)cc3)CC2)C1. The van der Waals surface area contributed by atoms with E-state index in [2.05, 4.69) is 17.1 Å². The third kappa shape index (κ3) is 5.35. The van der Waals surface area contributed by atoms with Gasteiger partial charge in [-0.2, -0.15) is 0 Å². The lowest BCUT2D eigenvalue weighted by Gasteiger charge is -2.35. The summed E-state index contributed by atoms with van der Waals surface area (Å²) in [6, 6.07) is 6.23. The van der Waals surface area contributed by atoms with Crippen molar-refractivity contribution < 1.29 is 14.7 Å². The summed E-state index contributed by atoms with van der Waals surface area (Å²) in [7, 11) is 0. The standard InChI is InChI=1S/C20H30N4O3/c1-16-3-2-9-22(15-16)10-8-21-20(27)24-13-11-23(12-14-24)19(26)17-4-6-18(25)7-5-17/h4-7,16,25H,2-3,8-15H2,1H3,(H,21,27)/t16-/m1/s1. The Hall–Kier alpha value is -2.28. The molecule has 2 aliphatic heterocycles. The van der Waals surface area contributed by atoms with Crippen LogP contribution in [0.4, 0.5) is 4.79 Å². The fraction of sp³-hybridized carbons (Fsp3) is 0.600. The van der Waals surface area contributed by atoms with E-state index in [9.17, 15) is 14.7 Å². The van der Waals surface area contributed by atoms with Crippen LogP contribution >= 0.6 is 0 Å². The molecule has 0 bridgehead atoms. The molecule has 7 heteroatoms. The summed E-state index contributed by atoms with van der Waals surface area (Å²) in [5, 5.41) is 12.3. The second kappa shape index (κ2) is 9.08. The Kier molecular flexibility index (Phi) is 6.55. The van der Waals surface area contributed by atoms with Crippen LogP contribution in [0.1, 0.15) is 30.1 Å². The average molecular weight is 374 g/mol. The number of piperazine rings is 1. The number of hydrogen-bond donors (Lipinski definition) is 2. The highest BCUT2D eigenvalue weighted by molar-refractivity contribution is 5.94. The molecule has 0 saturated carbocycles. The van der Waals surface area contributed by atoms with E-state index in [1.807, 2.05) is 0 Å². The van der Waals surface area contributed by atoms with Crippen molar-refractivity contribution >= 4 is 11.9 Å². The number of piperidine rings is 1. The fourth-order valence-corrected chi connectivity index (χ4v) is 3.82. The highest BCUT2D eigenvalue weighted by atomic mass is 16.3. The summed E-state index contributed by atoms with van der Waals surface area (Å²) in [5.41, 5.74) is 0.557. The second-order valence-electron chi connectivity index (χ2n) is 7.61. The van der Waals surface area contributed by atoms with Gasteiger partial charge in [-0.25, -0.2) is 4.79 Å². The van der Waals surface area contributed by atoms with E-state index in [0.29, 0.717) is 38.3 Å². The molecule has 0 aliphatic carbocycles. The third-order valence-corrected chi connectivity index (χ3v) is 5.41. The highest BCUT2D eigenvalue weighted by Gasteiger charge is 2.25. The van der Waals surface area contributed by atoms with Crippen molar-refractivity contribution in [3.63, 3.8) is 0 Å². The van der Waals surface area contributed by atoms with Gasteiger partial charge in [0, 0.05) is 51.4 Å². The van der Waals surface area contributed by atoms with E-state index in [4.69, 9.17) is 0 Å². The van der Waals surface area contributed by atoms with Crippen molar-refractivity contribution in [3.8, 4) is 5.75 Å². The first kappa shape index (κ1) is 19.5. The average Bonchev–Trinajstić information content (AvgIpc) is 2.68. The minimum absolute atomic E-state index is 0.0446. The minimum Gasteiger partial charge on any atom is -0.508 e. The molecule has 148 valence electrons. The Morgan fingerprint density at radius 2 is 1.74 bits per heavy atom. The number of rotatable bonds is 4. The molecule has 2 saturated heterocycles. The summed E-state index contributed by atoms with van der Waals surface area (Å²) in [4.78, 5) is 30.8. The first-order valence-electron chi connectivity index (χ1n) is 9.86. The zero-order valence-electron chi connectivity index (χ0n) is 16.1. The monoisotopic (exact) mass is 374 g/mol. The van der Waals surface area contributed by atoms with Crippen LogP contribution in [-0.2, 0) is 0 Å². The number of phenolic OH excluding ortho intramolecular Hbond substituents is 1. The first-order chi connectivity index (χ1) is 13.0. The van der Waals surface area contributed by atoms with Gasteiger partial charge in [-0.1, -0.05) is 6.92 Å². The fourth-order valence-electron chi connectivity index (χ4n) is 3.82. The number of carbonyl (C=O) groups excluding carboxylic acids is 2. The number of phenols is 1. The molecule has 3 amide bonds. The Morgan fingerprint density at radius 1 is 1.07 bits per heavy atom. The number of aromatic hydroxyl groups is 1. The summed E-state index contributed by atoms with van der Waals surface area (Å²) in [5.74, 6) is 0.829. The molecule has 3 rings (SSSR count). The third-order valence-electron chi connectivity index (χ3n) is 5.41. The van der Waals surface area contributed by atoms with Gasteiger partial charge < -0.3 is 25.1 Å². The lowest BCUT2D eigenvalue weighted by Crippen LogP contribution is -2.53. The molecular weight excluding hydrogens is 344 g/mol. The van der Waals surface area contributed by atoms with Gasteiger partial charge in [0.1, 0.15) is 5.75 Å². The van der Waals surface area contributed by atoms with E-state index in [-0.39, 0.29) is 17.7 Å². The smallest absolute Gasteiger partial charge is 0.317 e. The zero-order chi connectivity index (χ0) is 19.2. The van der Waals surface area contributed by atoms with Crippen LogP contribution in [0.3, 0.4) is 0 Å². The summed E-state index contributed by atoms with van der Waals surface area (Å²) in [6.07, 6.45) is 2.54. The number of urea groups is 1. The molecule has 1 aromatic rings. The van der Waals surface area contributed by atoms with Crippen molar-refractivity contribution in [3.05, 3.63) is 29.8 Å². The number of hydrogen-bond acceptors (Lipinski definition) is 4. The molecule has 2 N–H and O–H groups in total. The van der Waals surface area contributed by atoms with E-state index >= 15 is 0 Å². The number of nitrogens with zero attached hydrogens (tertiary/aromatic N) is 3. The number of nitrogens with one attached hydrogen (secondary N) is 1. The minimum atomic E-state index is -0.0609. The van der Waals surface area contributed by atoms with Crippen LogP contribution < -0.4 is 5.32 Å². The van der Waals surface area contributed by atoms with Gasteiger partial charge in [0.25, 0.3) is 5.91 Å². The van der Waals surface area contributed by atoms with Gasteiger partial charge in [0.05, 0.1) is 0 Å². The first-order valence-corrected chi connectivity index (χ1v) is 9.86. The maximum Gasteiger partial charge on any atom is 0.317 e. The quantitative estimate of drug-likeness (QED) is 0.839. The molecule has 2 heterocycles. The Bertz CT molecular complexity index is 641. The van der Waals surface area contributed by atoms with E-state index in [1.54, 1.807) is 21.9 Å². The van der Waals surface area contributed by atoms with Crippen molar-refractivity contribution in [2.24, 2.45) is 5.92 Å². The molecule has 27 heavy (non-hydrogen) atoms. The predicted molar refractivity (Wildman–Crippen MR) is 104 cm³/mol. The van der Waals surface area contributed by atoms with Gasteiger partial charge in [-0.05, 0) is 49.6 Å². The normalized spacial score (nSPS) is 21.1. The van der Waals surface area contributed by atoms with Gasteiger partial charge in [-0.3, -0.25) is 4.79 Å². The van der Waals surface area contributed by atoms with Gasteiger partial charge in [-0.15, -0.1) is 0 Å². The number of likely N-dealkylation sites (tertiary alicyclic amines) is 1. The van der Waals surface area contributed by atoms with E-state index in [0.717, 1.165) is 25.6 Å². The van der Waals surface area contributed by atoms with E-state index < -0.39 is 0 Å². The maximum absolute atomic E-state index is 12.5. The van der Waals surface area contributed by atoms with Crippen LogP contribution in [0.25, 0.3) is 0 Å². The number of carbonyl (C=O) groups is 2. The Labute approximate surface area is 160 Å². The van der Waals surface area contributed by atoms with Crippen molar-refractivity contribution in [1.29, 1.82) is 0 Å². The molecule has 1 atom stereocenters. The van der Waals surface area contributed by atoms with Gasteiger partial charge in [0.2, 0.25) is 0 Å². The summed E-state index contributed by atoms with van der Waals surface area (Å²) < 4.78 is 0. The molecule has 0 radical (unpaired) electrons. The van der Waals surface area contributed by atoms with E-state index in [1.165, 1.54) is 25.0 Å². The number of amides is 3. The molecular formula is C20H30N4O3. The number of benzene rings is 1. The summed E-state index contributed by atoms with van der Waals surface area (Å²) in [6.45, 7) is 8.21. The van der Waals surface area contributed by atoms with Crippen molar-refractivity contribution in [2.45, 2.75) is 19.8 Å². The van der Waals surface area contributed by atoms with Crippen LogP contribution in [0.5, 0.6) is 5.75 Å². The predicted octanol–water partition coefficient (Wildman–Crippen LogP) is 1.59. The topological polar surface area (TPSA) is 76.1 Å². The molecule has 7 nitrogen and oxygen atoms in total. The van der Waals surface area contributed by atoms with Crippen LogP contribution in [0, 0.1) is 5.92 Å². The highest BCUT2D eigenvalue weighted by Crippen LogP contribution is 2.15. The van der Waals surface area contributed by atoms with Crippen molar-refractivity contribution in [2.75, 3.05) is 52.4 Å². The molecule has 0 unspecified atom stereocenters.